The van der Waals surface area contributed by atoms with Crippen LogP contribution in [0.15, 0.2) is 64.8 Å². The van der Waals surface area contributed by atoms with E-state index in [1.54, 1.807) is 18.4 Å². The number of allylic oxidation sites excluding steroid dienone is 4. The largest absolute Gasteiger partial charge is 0.462 e. The first-order valence-corrected chi connectivity index (χ1v) is 15.7. The third-order valence-corrected chi connectivity index (χ3v) is 10.1. The summed E-state index contributed by atoms with van der Waals surface area (Å²) >= 11 is 0. The van der Waals surface area contributed by atoms with Gasteiger partial charge in [-0.1, -0.05) is 70.6 Å². The van der Waals surface area contributed by atoms with Gasteiger partial charge in [0.1, 0.15) is 6.10 Å². The molecule has 0 aliphatic heterocycles. The van der Waals surface area contributed by atoms with Gasteiger partial charge in [0.25, 0.3) is 0 Å². The highest BCUT2D eigenvalue weighted by molar-refractivity contribution is 6.08. The molecule has 1 aromatic heterocycles. The van der Waals surface area contributed by atoms with Crippen LogP contribution in [0.3, 0.4) is 0 Å². The lowest BCUT2D eigenvalue weighted by Crippen LogP contribution is -2.32. The SMILES string of the molecule is CC(=O)OC1CCC(C)=CCCC2(C)C(CCC2C(C)C=CC(C)C(C)C)c2ccc(cc2C(=O)c2ccco2)C1. The summed E-state index contributed by atoms with van der Waals surface area (Å²) in [5.41, 5.74) is 4.29. The molecular weight excluding hydrogens is 508 g/mol. The highest BCUT2D eigenvalue weighted by Gasteiger charge is 2.49. The van der Waals surface area contributed by atoms with Crippen molar-refractivity contribution in [2.24, 2.45) is 29.1 Å². The average Bonchev–Trinajstić information content (AvgIpc) is 3.57. The van der Waals surface area contributed by atoms with E-state index in [0.29, 0.717) is 35.9 Å². The second-order valence-corrected chi connectivity index (χ2v) is 13.4. The van der Waals surface area contributed by atoms with Crippen LogP contribution in [0.1, 0.15) is 120 Å². The van der Waals surface area contributed by atoms with Crippen molar-refractivity contribution in [2.45, 2.75) is 105 Å². The molecule has 0 radical (unpaired) electrons. The molecule has 1 fully saturated rings. The Hall–Kier alpha value is -2.88. The summed E-state index contributed by atoms with van der Waals surface area (Å²) in [6, 6.07) is 9.92. The number of benzene rings is 1. The van der Waals surface area contributed by atoms with Crippen LogP contribution in [0, 0.1) is 29.1 Å². The van der Waals surface area contributed by atoms with E-state index in [4.69, 9.17) is 9.15 Å². The Morgan fingerprint density at radius 2 is 1.85 bits per heavy atom. The Kier molecular flexibility index (Phi) is 10.2. The highest BCUT2D eigenvalue weighted by atomic mass is 16.5. The monoisotopic (exact) mass is 558 g/mol. The second kappa shape index (κ2) is 13.4. The van der Waals surface area contributed by atoms with Crippen LogP contribution in [0.2, 0.25) is 0 Å². The van der Waals surface area contributed by atoms with Gasteiger partial charge in [-0.2, -0.15) is 0 Å². The normalized spacial score (nSPS) is 26.8. The standard InChI is InChI=1S/C37H50O4/c1-24(2)26(4)13-14-27(5)33-18-19-34-31-17-15-29(23-32(31)36(39)35-11-9-21-40-35)22-30(41-28(6)38)16-12-25(3)10-8-20-37(33,34)7/h9-11,13-15,17,21,23-24,26-27,30,33-34H,8,12,16,18-20,22H2,1-7H3. The molecule has 3 aliphatic rings. The third-order valence-electron chi connectivity index (χ3n) is 10.1. The molecule has 3 aliphatic carbocycles. The molecule has 6 atom stereocenters. The van der Waals surface area contributed by atoms with Gasteiger partial charge in [-0.05, 0) is 110 Å². The number of rotatable bonds is 7. The van der Waals surface area contributed by atoms with Gasteiger partial charge >= 0.3 is 5.97 Å². The fourth-order valence-electron chi connectivity index (χ4n) is 7.30. The summed E-state index contributed by atoms with van der Waals surface area (Å²) in [5, 5.41) is 0. The van der Waals surface area contributed by atoms with Gasteiger partial charge in [0.2, 0.25) is 5.78 Å². The Morgan fingerprint density at radius 3 is 2.54 bits per heavy atom. The molecule has 0 amide bonds. The van der Waals surface area contributed by atoms with Crippen LogP contribution in [0.5, 0.6) is 0 Å². The predicted molar refractivity (Wildman–Crippen MR) is 166 cm³/mol. The maximum Gasteiger partial charge on any atom is 0.302 e. The van der Waals surface area contributed by atoms with E-state index in [-0.39, 0.29) is 29.2 Å². The lowest BCUT2D eigenvalue weighted by molar-refractivity contribution is -0.146. The maximum atomic E-state index is 13.9. The number of ketones is 1. The molecule has 2 bridgehead atoms. The number of ether oxygens (including phenoxy) is 1. The van der Waals surface area contributed by atoms with Gasteiger partial charge in [-0.3, -0.25) is 9.59 Å². The Balaban J connectivity index is 1.79. The minimum absolute atomic E-state index is 0.0473. The molecule has 5 rings (SSSR count). The van der Waals surface area contributed by atoms with Crippen molar-refractivity contribution in [1.29, 1.82) is 0 Å². The lowest BCUT2D eigenvalue weighted by atomic mass is 9.64. The number of furan rings is 1. The Labute approximate surface area is 247 Å². The van der Waals surface area contributed by atoms with E-state index in [1.807, 2.05) is 6.07 Å². The van der Waals surface area contributed by atoms with Gasteiger partial charge in [0.05, 0.1) is 6.26 Å². The molecule has 0 saturated heterocycles. The summed E-state index contributed by atoms with van der Waals surface area (Å²) in [7, 11) is 0. The number of hydrogen-bond donors (Lipinski definition) is 0. The number of hydrogen-bond acceptors (Lipinski definition) is 4. The van der Waals surface area contributed by atoms with Crippen LogP contribution < -0.4 is 0 Å². The second-order valence-electron chi connectivity index (χ2n) is 13.4. The highest BCUT2D eigenvalue weighted by Crippen LogP contribution is 2.59. The fraction of sp³-hybridized carbons (Fsp3) is 0.568. The van der Waals surface area contributed by atoms with Gasteiger partial charge in [-0.15, -0.1) is 0 Å². The minimum Gasteiger partial charge on any atom is -0.462 e. The number of carbonyl (C=O) groups is 2. The average molecular weight is 559 g/mol. The van der Waals surface area contributed by atoms with E-state index in [0.717, 1.165) is 55.2 Å². The van der Waals surface area contributed by atoms with Gasteiger partial charge in [0, 0.05) is 18.9 Å². The molecule has 4 nitrogen and oxygen atoms in total. The van der Waals surface area contributed by atoms with Crippen molar-refractivity contribution in [3.63, 3.8) is 0 Å². The summed E-state index contributed by atoms with van der Waals surface area (Å²) in [5.74, 6) is 2.49. The van der Waals surface area contributed by atoms with Crippen molar-refractivity contribution < 1.29 is 18.7 Å². The van der Waals surface area contributed by atoms with Gasteiger partial charge in [0.15, 0.2) is 5.76 Å². The molecule has 1 saturated carbocycles. The third kappa shape index (κ3) is 7.31. The van der Waals surface area contributed by atoms with Gasteiger partial charge < -0.3 is 9.15 Å². The molecular formula is C37H50O4. The first kappa shape index (κ1) is 31.1. The quantitative estimate of drug-likeness (QED) is 0.193. The van der Waals surface area contributed by atoms with E-state index in [2.05, 4.69) is 71.9 Å². The zero-order valence-corrected chi connectivity index (χ0v) is 26.2. The van der Waals surface area contributed by atoms with Gasteiger partial charge in [-0.25, -0.2) is 0 Å². The van der Waals surface area contributed by atoms with Crippen LogP contribution in [-0.2, 0) is 16.0 Å². The zero-order chi connectivity index (χ0) is 29.7. The summed E-state index contributed by atoms with van der Waals surface area (Å²) in [4.78, 5) is 25.8. The molecule has 4 heteroatoms. The Morgan fingerprint density at radius 1 is 1.07 bits per heavy atom. The Bertz CT molecular complexity index is 1250. The van der Waals surface area contributed by atoms with E-state index >= 15 is 0 Å². The van der Waals surface area contributed by atoms with Crippen LogP contribution in [0.25, 0.3) is 0 Å². The first-order valence-electron chi connectivity index (χ1n) is 15.7. The first-order chi connectivity index (χ1) is 19.5. The topological polar surface area (TPSA) is 56.5 Å². The van der Waals surface area contributed by atoms with Crippen molar-refractivity contribution in [2.75, 3.05) is 0 Å². The summed E-state index contributed by atoms with van der Waals surface area (Å²) in [6.45, 7) is 15.4. The molecule has 2 aromatic rings. The molecule has 41 heavy (non-hydrogen) atoms. The fourth-order valence-corrected chi connectivity index (χ4v) is 7.30. The van der Waals surface area contributed by atoms with Crippen LogP contribution in [0.4, 0.5) is 0 Å². The van der Waals surface area contributed by atoms with Crippen molar-refractivity contribution in [1.82, 2.24) is 0 Å². The summed E-state index contributed by atoms with van der Waals surface area (Å²) < 4.78 is 11.3. The molecule has 1 heterocycles. The smallest absolute Gasteiger partial charge is 0.302 e. The minimum atomic E-state index is -0.264. The van der Waals surface area contributed by atoms with Crippen LogP contribution in [-0.4, -0.2) is 17.9 Å². The zero-order valence-electron chi connectivity index (χ0n) is 26.2. The molecule has 1 aromatic carbocycles. The molecule has 222 valence electrons. The lowest BCUT2D eigenvalue weighted by Gasteiger charge is -2.40. The molecule has 0 N–H and O–H groups in total. The van der Waals surface area contributed by atoms with Crippen molar-refractivity contribution >= 4 is 11.8 Å². The van der Waals surface area contributed by atoms with E-state index in [9.17, 15) is 9.59 Å². The maximum absolute atomic E-state index is 13.9. The molecule has 6 unspecified atom stereocenters. The van der Waals surface area contributed by atoms with E-state index < -0.39 is 0 Å². The number of esters is 1. The van der Waals surface area contributed by atoms with E-state index in [1.165, 1.54) is 12.5 Å². The number of carbonyl (C=O) groups excluding carboxylic acids is 2. The van der Waals surface area contributed by atoms with Crippen LogP contribution >= 0.6 is 0 Å². The summed E-state index contributed by atoms with van der Waals surface area (Å²) in [6.07, 6.45) is 15.2. The van der Waals surface area contributed by atoms with Crippen molar-refractivity contribution in [3.05, 3.63) is 82.8 Å². The number of fused-ring (bicyclic) bond motifs is 8. The molecule has 0 spiro atoms. The predicted octanol–water partition coefficient (Wildman–Crippen LogP) is 9.49. The van der Waals surface area contributed by atoms with Crippen molar-refractivity contribution in [3.8, 4) is 0 Å².